The predicted molar refractivity (Wildman–Crippen MR) is 98.2 cm³/mol. The summed E-state index contributed by atoms with van der Waals surface area (Å²) in [5.74, 6) is -0.0682. The lowest BCUT2D eigenvalue weighted by Gasteiger charge is -2.14. The number of benzene rings is 2. The van der Waals surface area contributed by atoms with Crippen molar-refractivity contribution >= 4 is 40.5 Å². The zero-order chi connectivity index (χ0) is 19.3. The average Bonchev–Trinajstić information content (AvgIpc) is 2.56. The van der Waals surface area contributed by atoms with Gasteiger partial charge in [-0.05, 0) is 36.2 Å². The molecule has 0 aliphatic carbocycles. The van der Waals surface area contributed by atoms with Crippen LogP contribution in [0.2, 0.25) is 10.0 Å². The summed E-state index contributed by atoms with van der Waals surface area (Å²) in [4.78, 5) is 11.7. The molecule has 0 atom stereocenters. The minimum absolute atomic E-state index is 0.0682. The summed E-state index contributed by atoms with van der Waals surface area (Å²) in [5, 5.41) is 5.43. The van der Waals surface area contributed by atoms with Crippen LogP contribution in [-0.2, 0) is 17.4 Å². The van der Waals surface area contributed by atoms with Crippen LogP contribution in [0.25, 0.3) is 0 Å². The molecule has 2 aromatic rings. The summed E-state index contributed by atoms with van der Waals surface area (Å²) in [6.07, 6.45) is -3.41. The first kappa shape index (κ1) is 20.4. The van der Waals surface area contributed by atoms with Gasteiger partial charge in [-0.15, -0.1) is 0 Å². The highest BCUT2D eigenvalue weighted by Crippen LogP contribution is 2.39. The minimum Gasteiger partial charge on any atom is -0.356 e. The summed E-state index contributed by atoms with van der Waals surface area (Å²) in [5.41, 5.74) is 0.682. The van der Waals surface area contributed by atoms with E-state index < -0.39 is 11.7 Å². The smallest absolute Gasteiger partial charge is 0.356 e. The van der Waals surface area contributed by atoms with Crippen LogP contribution in [0.4, 0.5) is 24.5 Å². The molecule has 0 fully saturated rings. The van der Waals surface area contributed by atoms with Gasteiger partial charge in [-0.1, -0.05) is 42.3 Å². The van der Waals surface area contributed by atoms with Crippen LogP contribution in [0.5, 0.6) is 0 Å². The molecule has 2 aromatic carbocycles. The fourth-order valence-corrected chi connectivity index (χ4v) is 2.80. The first-order valence-electron chi connectivity index (χ1n) is 7.89. The first-order valence-corrected chi connectivity index (χ1v) is 8.65. The zero-order valence-electron chi connectivity index (χ0n) is 13.9. The number of carbonyl (C=O) groups excluding carboxylic acids is 1. The fourth-order valence-electron chi connectivity index (χ4n) is 2.22. The van der Waals surface area contributed by atoms with Crippen LogP contribution in [0, 0.1) is 0 Å². The van der Waals surface area contributed by atoms with E-state index in [0.29, 0.717) is 12.2 Å². The summed E-state index contributed by atoms with van der Waals surface area (Å²) in [7, 11) is 0. The van der Waals surface area contributed by atoms with E-state index in [-0.39, 0.29) is 28.1 Å². The lowest BCUT2D eigenvalue weighted by atomic mass is 10.1. The Bertz CT molecular complexity index is 754. The Morgan fingerprint density at radius 3 is 2.15 bits per heavy atom. The van der Waals surface area contributed by atoms with Crippen molar-refractivity contribution in [2.75, 3.05) is 11.9 Å². The number of carbonyl (C=O) groups is 1. The molecule has 0 spiro atoms. The Kier molecular flexibility index (Phi) is 6.78. The van der Waals surface area contributed by atoms with Crippen LogP contribution in [0.1, 0.15) is 24.5 Å². The number of amides is 1. The second-order valence-corrected chi connectivity index (χ2v) is 6.48. The molecule has 140 valence electrons. The molecule has 0 aromatic heterocycles. The molecule has 2 N–H and O–H groups in total. The molecule has 0 saturated heterocycles. The van der Waals surface area contributed by atoms with Crippen LogP contribution in [0.15, 0.2) is 36.4 Å². The number of hydrogen-bond donors (Lipinski definition) is 2. The van der Waals surface area contributed by atoms with Gasteiger partial charge in [0.25, 0.3) is 0 Å². The molecule has 0 bridgehead atoms. The maximum absolute atomic E-state index is 12.8. The number of anilines is 2. The highest BCUT2D eigenvalue weighted by molar-refractivity contribution is 6.39. The maximum Gasteiger partial charge on any atom is 0.416 e. The fraction of sp³-hybridized carbons (Fsp3) is 0.278. The van der Waals surface area contributed by atoms with Gasteiger partial charge in [0.2, 0.25) is 5.91 Å². The standard InChI is InChI=1S/C18H17Cl2F3N2O/c1-2-7-24-16(26)8-11-3-5-13(6-4-11)25-17-14(19)9-12(10-15(17)20)18(21,22)23/h3-6,9-10,25H,2,7-8H2,1H3,(H,24,26). The van der Waals surface area contributed by atoms with E-state index in [1.54, 1.807) is 24.3 Å². The molecule has 0 heterocycles. The maximum atomic E-state index is 12.8. The van der Waals surface area contributed by atoms with E-state index in [1.807, 2.05) is 6.92 Å². The normalized spacial score (nSPS) is 11.3. The Morgan fingerprint density at radius 1 is 1.08 bits per heavy atom. The third-order valence-electron chi connectivity index (χ3n) is 3.53. The topological polar surface area (TPSA) is 41.1 Å². The minimum atomic E-state index is -4.52. The SMILES string of the molecule is CCCNC(=O)Cc1ccc(Nc2c(Cl)cc(C(F)(F)F)cc2Cl)cc1. The van der Waals surface area contributed by atoms with E-state index in [0.717, 1.165) is 24.1 Å². The van der Waals surface area contributed by atoms with Gasteiger partial charge in [-0.25, -0.2) is 0 Å². The molecule has 0 saturated carbocycles. The second-order valence-electron chi connectivity index (χ2n) is 5.66. The van der Waals surface area contributed by atoms with Crippen molar-refractivity contribution in [1.29, 1.82) is 0 Å². The Hall–Kier alpha value is -1.92. The molecule has 3 nitrogen and oxygen atoms in total. The highest BCUT2D eigenvalue weighted by atomic mass is 35.5. The molecule has 8 heteroatoms. The molecule has 0 aliphatic heterocycles. The summed E-state index contributed by atoms with van der Waals surface area (Å²) >= 11 is 11.9. The lowest BCUT2D eigenvalue weighted by Crippen LogP contribution is -2.25. The zero-order valence-corrected chi connectivity index (χ0v) is 15.4. The van der Waals surface area contributed by atoms with Crippen LogP contribution >= 0.6 is 23.2 Å². The van der Waals surface area contributed by atoms with Gasteiger partial charge < -0.3 is 10.6 Å². The van der Waals surface area contributed by atoms with Crippen molar-refractivity contribution in [3.05, 3.63) is 57.6 Å². The van der Waals surface area contributed by atoms with E-state index in [1.165, 1.54) is 0 Å². The Morgan fingerprint density at radius 2 is 1.65 bits per heavy atom. The van der Waals surface area contributed by atoms with Crippen molar-refractivity contribution in [3.63, 3.8) is 0 Å². The van der Waals surface area contributed by atoms with Crippen molar-refractivity contribution in [1.82, 2.24) is 5.32 Å². The number of rotatable bonds is 6. The largest absolute Gasteiger partial charge is 0.416 e. The van der Waals surface area contributed by atoms with Gasteiger partial charge >= 0.3 is 6.18 Å². The Labute approximate surface area is 159 Å². The highest BCUT2D eigenvalue weighted by Gasteiger charge is 2.32. The van der Waals surface area contributed by atoms with Crippen LogP contribution in [-0.4, -0.2) is 12.5 Å². The molecule has 2 rings (SSSR count). The van der Waals surface area contributed by atoms with E-state index >= 15 is 0 Å². The molecular formula is C18H17Cl2F3N2O. The monoisotopic (exact) mass is 404 g/mol. The second kappa shape index (κ2) is 8.64. The molecule has 26 heavy (non-hydrogen) atoms. The van der Waals surface area contributed by atoms with Crippen molar-refractivity contribution in [2.45, 2.75) is 25.9 Å². The number of hydrogen-bond acceptors (Lipinski definition) is 2. The van der Waals surface area contributed by atoms with Gasteiger partial charge in [0, 0.05) is 12.2 Å². The van der Waals surface area contributed by atoms with Gasteiger partial charge in [-0.2, -0.15) is 13.2 Å². The van der Waals surface area contributed by atoms with Gasteiger partial charge in [-0.3, -0.25) is 4.79 Å². The number of halogens is 5. The van der Waals surface area contributed by atoms with Gasteiger partial charge in [0.1, 0.15) is 0 Å². The quantitative estimate of drug-likeness (QED) is 0.636. The summed E-state index contributed by atoms with van der Waals surface area (Å²) in [6, 6.07) is 8.55. The molecule has 0 radical (unpaired) electrons. The Balaban J connectivity index is 2.11. The van der Waals surface area contributed by atoms with E-state index in [2.05, 4.69) is 10.6 Å². The predicted octanol–water partition coefficient (Wildman–Crippen LogP) is 5.82. The van der Waals surface area contributed by atoms with Gasteiger partial charge in [0.15, 0.2) is 0 Å². The lowest BCUT2D eigenvalue weighted by molar-refractivity contribution is -0.137. The molecule has 0 aliphatic rings. The van der Waals surface area contributed by atoms with Gasteiger partial charge in [0.05, 0.1) is 27.7 Å². The first-order chi connectivity index (χ1) is 12.2. The van der Waals surface area contributed by atoms with Crippen LogP contribution < -0.4 is 10.6 Å². The van der Waals surface area contributed by atoms with E-state index in [4.69, 9.17) is 23.2 Å². The summed E-state index contributed by atoms with van der Waals surface area (Å²) < 4.78 is 38.3. The molecular weight excluding hydrogens is 388 g/mol. The number of alkyl halides is 3. The summed E-state index contributed by atoms with van der Waals surface area (Å²) in [6.45, 7) is 2.60. The number of nitrogens with one attached hydrogen (secondary N) is 2. The molecule has 0 unspecified atom stereocenters. The third kappa shape index (κ3) is 5.54. The third-order valence-corrected chi connectivity index (χ3v) is 4.13. The van der Waals surface area contributed by atoms with Crippen molar-refractivity contribution < 1.29 is 18.0 Å². The van der Waals surface area contributed by atoms with Crippen molar-refractivity contribution in [2.24, 2.45) is 0 Å². The van der Waals surface area contributed by atoms with E-state index in [9.17, 15) is 18.0 Å². The van der Waals surface area contributed by atoms with Crippen molar-refractivity contribution in [3.8, 4) is 0 Å². The van der Waals surface area contributed by atoms with Crippen LogP contribution in [0.3, 0.4) is 0 Å². The average molecular weight is 405 g/mol. The molecule has 1 amide bonds.